The van der Waals surface area contributed by atoms with Crippen LogP contribution in [0.3, 0.4) is 0 Å². The van der Waals surface area contributed by atoms with Crippen molar-refractivity contribution in [1.29, 1.82) is 0 Å². The van der Waals surface area contributed by atoms with Gasteiger partial charge in [-0.05, 0) is 49.6 Å². The van der Waals surface area contributed by atoms with Crippen LogP contribution in [0.25, 0.3) is 0 Å². The van der Waals surface area contributed by atoms with Crippen LogP contribution < -0.4 is 5.32 Å². The minimum atomic E-state index is 0.718. The Morgan fingerprint density at radius 3 is 2.27 bits per heavy atom. The molecule has 0 bridgehead atoms. The van der Waals surface area contributed by atoms with Gasteiger partial charge in [-0.3, -0.25) is 0 Å². The third kappa shape index (κ3) is 2.38. The highest BCUT2D eigenvalue weighted by Crippen LogP contribution is 2.48. The van der Waals surface area contributed by atoms with E-state index in [4.69, 9.17) is 0 Å². The molecule has 2 fully saturated rings. The topological polar surface area (TPSA) is 12.0 Å². The lowest BCUT2D eigenvalue weighted by Gasteiger charge is -2.46. The van der Waals surface area contributed by atoms with Crippen molar-refractivity contribution in [1.82, 2.24) is 5.32 Å². The fourth-order valence-corrected chi connectivity index (χ4v) is 3.99. The van der Waals surface area contributed by atoms with E-state index in [-0.39, 0.29) is 0 Å². The monoisotopic (exact) mass is 209 g/mol. The van der Waals surface area contributed by atoms with Gasteiger partial charge in [-0.25, -0.2) is 0 Å². The molecule has 0 amide bonds. The molecular formula is C14H27N. The van der Waals surface area contributed by atoms with E-state index in [9.17, 15) is 0 Å². The van der Waals surface area contributed by atoms with Crippen LogP contribution in [0.5, 0.6) is 0 Å². The van der Waals surface area contributed by atoms with Gasteiger partial charge >= 0.3 is 0 Å². The molecule has 0 radical (unpaired) electrons. The van der Waals surface area contributed by atoms with Gasteiger partial charge in [-0.1, -0.05) is 39.5 Å². The van der Waals surface area contributed by atoms with Gasteiger partial charge in [0, 0.05) is 0 Å². The number of piperidine rings is 1. The van der Waals surface area contributed by atoms with Crippen molar-refractivity contribution in [2.24, 2.45) is 17.3 Å². The van der Waals surface area contributed by atoms with E-state index in [1.807, 2.05) is 0 Å². The van der Waals surface area contributed by atoms with Gasteiger partial charge < -0.3 is 5.32 Å². The summed E-state index contributed by atoms with van der Waals surface area (Å²) >= 11 is 0. The summed E-state index contributed by atoms with van der Waals surface area (Å²) in [6.07, 6.45) is 10.4. The molecule has 0 aromatic carbocycles. The third-order valence-electron chi connectivity index (χ3n) is 4.85. The van der Waals surface area contributed by atoms with Crippen LogP contribution in [0.15, 0.2) is 0 Å². The summed E-state index contributed by atoms with van der Waals surface area (Å²) in [6, 6.07) is 0. The summed E-state index contributed by atoms with van der Waals surface area (Å²) in [4.78, 5) is 0. The quantitative estimate of drug-likeness (QED) is 0.696. The number of hydrogen-bond acceptors (Lipinski definition) is 1. The lowest BCUT2D eigenvalue weighted by atomic mass is 9.62. The standard InChI is InChI=1S/C14H27N/c1-12(2)13-11-15-10-9-14(13)7-5-3-4-6-8-14/h12-13,15H,3-11H2,1-2H3. The van der Waals surface area contributed by atoms with Crippen molar-refractivity contribution < 1.29 is 0 Å². The highest BCUT2D eigenvalue weighted by Gasteiger charge is 2.41. The number of rotatable bonds is 1. The fourth-order valence-electron chi connectivity index (χ4n) is 3.99. The van der Waals surface area contributed by atoms with Crippen molar-refractivity contribution in [3.63, 3.8) is 0 Å². The maximum Gasteiger partial charge on any atom is -0.00127 e. The lowest BCUT2D eigenvalue weighted by molar-refractivity contribution is 0.0536. The van der Waals surface area contributed by atoms with Crippen molar-refractivity contribution in [2.75, 3.05) is 13.1 Å². The van der Waals surface area contributed by atoms with E-state index in [1.165, 1.54) is 58.0 Å². The van der Waals surface area contributed by atoms with Crippen molar-refractivity contribution >= 4 is 0 Å². The smallest absolute Gasteiger partial charge is 0.00127 e. The molecule has 0 aromatic heterocycles. The van der Waals surface area contributed by atoms with Gasteiger partial charge in [0.25, 0.3) is 0 Å². The maximum absolute atomic E-state index is 3.61. The van der Waals surface area contributed by atoms with E-state index < -0.39 is 0 Å². The molecule has 1 nitrogen and oxygen atoms in total. The highest BCUT2D eigenvalue weighted by atomic mass is 14.9. The predicted octanol–water partition coefficient (Wildman–Crippen LogP) is 3.59. The minimum absolute atomic E-state index is 0.718. The van der Waals surface area contributed by atoms with Gasteiger partial charge in [0.05, 0.1) is 0 Å². The second-order valence-electron chi connectivity index (χ2n) is 6.08. The molecule has 1 heteroatoms. The molecule has 1 aliphatic heterocycles. The Morgan fingerprint density at radius 1 is 1.00 bits per heavy atom. The molecule has 1 N–H and O–H groups in total. The summed E-state index contributed by atoms with van der Waals surface area (Å²) < 4.78 is 0. The van der Waals surface area contributed by atoms with Gasteiger partial charge in [0.2, 0.25) is 0 Å². The summed E-state index contributed by atoms with van der Waals surface area (Å²) in [5, 5.41) is 3.61. The van der Waals surface area contributed by atoms with Crippen molar-refractivity contribution in [2.45, 2.75) is 58.8 Å². The van der Waals surface area contributed by atoms with E-state index in [0.717, 1.165) is 17.3 Å². The first-order valence-electron chi connectivity index (χ1n) is 6.95. The van der Waals surface area contributed by atoms with E-state index in [2.05, 4.69) is 19.2 Å². The molecule has 1 saturated heterocycles. The Bertz CT molecular complexity index is 190. The molecule has 2 aliphatic rings. The molecule has 2 rings (SSSR count). The highest BCUT2D eigenvalue weighted by molar-refractivity contribution is 4.93. The van der Waals surface area contributed by atoms with Gasteiger partial charge in [-0.2, -0.15) is 0 Å². The van der Waals surface area contributed by atoms with Crippen LogP contribution in [0.1, 0.15) is 58.8 Å². The summed E-state index contributed by atoms with van der Waals surface area (Å²) in [7, 11) is 0. The predicted molar refractivity (Wildman–Crippen MR) is 65.9 cm³/mol. The van der Waals surface area contributed by atoms with Crippen molar-refractivity contribution in [3.8, 4) is 0 Å². The van der Waals surface area contributed by atoms with Crippen molar-refractivity contribution in [3.05, 3.63) is 0 Å². The summed E-state index contributed by atoms with van der Waals surface area (Å²) in [5.41, 5.74) is 0.718. The zero-order chi connectivity index (χ0) is 10.7. The minimum Gasteiger partial charge on any atom is -0.316 e. The molecule has 1 atom stereocenters. The number of nitrogens with one attached hydrogen (secondary N) is 1. The second kappa shape index (κ2) is 4.86. The molecule has 88 valence electrons. The van der Waals surface area contributed by atoms with Crippen LogP contribution in [0.2, 0.25) is 0 Å². The Balaban J connectivity index is 2.12. The van der Waals surface area contributed by atoms with Gasteiger partial charge in [-0.15, -0.1) is 0 Å². The normalized spacial score (nSPS) is 31.8. The lowest BCUT2D eigenvalue weighted by Crippen LogP contribution is -2.47. The molecule has 1 aliphatic carbocycles. The first kappa shape index (κ1) is 11.4. The fraction of sp³-hybridized carbons (Fsp3) is 1.00. The SMILES string of the molecule is CC(C)C1CNCCC12CCCCCC2. The zero-order valence-corrected chi connectivity index (χ0v) is 10.5. The Labute approximate surface area is 95.0 Å². The van der Waals surface area contributed by atoms with Crippen LogP contribution in [-0.4, -0.2) is 13.1 Å². The Morgan fingerprint density at radius 2 is 1.67 bits per heavy atom. The molecule has 0 aromatic rings. The van der Waals surface area contributed by atoms with Crippen LogP contribution >= 0.6 is 0 Å². The molecular weight excluding hydrogens is 182 g/mol. The molecule has 1 spiro atoms. The summed E-state index contributed by atoms with van der Waals surface area (Å²) in [6.45, 7) is 7.38. The first-order valence-corrected chi connectivity index (χ1v) is 6.95. The van der Waals surface area contributed by atoms with Crippen LogP contribution in [0.4, 0.5) is 0 Å². The molecule has 1 unspecified atom stereocenters. The average Bonchev–Trinajstić information content (AvgIpc) is 2.45. The third-order valence-corrected chi connectivity index (χ3v) is 4.85. The van der Waals surface area contributed by atoms with Crippen LogP contribution in [-0.2, 0) is 0 Å². The van der Waals surface area contributed by atoms with E-state index >= 15 is 0 Å². The first-order chi connectivity index (χ1) is 7.25. The Kier molecular flexibility index (Phi) is 3.71. The van der Waals surface area contributed by atoms with E-state index in [0.29, 0.717) is 0 Å². The Hall–Kier alpha value is -0.0400. The maximum atomic E-state index is 3.61. The molecule has 15 heavy (non-hydrogen) atoms. The second-order valence-corrected chi connectivity index (χ2v) is 6.08. The zero-order valence-electron chi connectivity index (χ0n) is 10.5. The average molecular weight is 209 g/mol. The largest absolute Gasteiger partial charge is 0.316 e. The van der Waals surface area contributed by atoms with Gasteiger partial charge in [0.1, 0.15) is 0 Å². The number of hydrogen-bond donors (Lipinski definition) is 1. The van der Waals surface area contributed by atoms with Crippen LogP contribution in [0, 0.1) is 17.3 Å². The van der Waals surface area contributed by atoms with E-state index in [1.54, 1.807) is 0 Å². The van der Waals surface area contributed by atoms with Gasteiger partial charge in [0.15, 0.2) is 0 Å². The molecule has 1 heterocycles. The summed E-state index contributed by atoms with van der Waals surface area (Å²) in [5.74, 6) is 1.79. The molecule has 1 saturated carbocycles.